The molecule has 0 aliphatic heterocycles. The molecule has 0 saturated carbocycles. The number of pyridine rings is 1. The molecule has 0 aromatic carbocycles. The predicted octanol–water partition coefficient (Wildman–Crippen LogP) is 4.79. The van der Waals surface area contributed by atoms with Crippen molar-refractivity contribution in [2.75, 3.05) is 5.32 Å². The van der Waals surface area contributed by atoms with Gasteiger partial charge in [0.15, 0.2) is 0 Å². The maximum Gasteiger partial charge on any atom is 0.0603 e. The van der Waals surface area contributed by atoms with E-state index < -0.39 is 0 Å². The van der Waals surface area contributed by atoms with Crippen LogP contribution >= 0.6 is 22.7 Å². The largest absolute Gasteiger partial charge is 0.379 e. The zero-order valence-electron chi connectivity index (χ0n) is 10.6. The molecule has 0 atom stereocenters. The molecule has 1 N–H and O–H groups in total. The number of hydrogen-bond acceptors (Lipinski definition) is 4. The first-order valence-corrected chi connectivity index (χ1v) is 7.85. The van der Waals surface area contributed by atoms with E-state index in [0.717, 1.165) is 17.9 Å². The molecule has 0 aliphatic rings. The third kappa shape index (κ3) is 2.85. The van der Waals surface area contributed by atoms with Crippen molar-refractivity contribution >= 4 is 28.4 Å². The number of aryl methyl sites for hydroxylation is 1. The minimum absolute atomic E-state index is 0.850. The van der Waals surface area contributed by atoms with E-state index in [0.29, 0.717) is 0 Å². The summed E-state index contributed by atoms with van der Waals surface area (Å²) in [5.41, 5.74) is 3.46. The minimum atomic E-state index is 0.850. The van der Waals surface area contributed by atoms with Crippen molar-refractivity contribution < 1.29 is 0 Å². The molecular weight excluding hydrogens is 272 g/mol. The van der Waals surface area contributed by atoms with Gasteiger partial charge in [-0.25, -0.2) is 0 Å². The highest BCUT2D eigenvalue weighted by atomic mass is 32.1. The lowest BCUT2D eigenvalue weighted by Gasteiger charge is -2.06. The summed E-state index contributed by atoms with van der Waals surface area (Å²) in [5.74, 6) is 0. The van der Waals surface area contributed by atoms with Gasteiger partial charge in [0, 0.05) is 28.1 Å². The fourth-order valence-electron chi connectivity index (χ4n) is 1.90. The highest BCUT2D eigenvalue weighted by Crippen LogP contribution is 2.29. The molecule has 2 nitrogen and oxygen atoms in total. The number of nitrogens with zero attached hydrogens (tertiary/aromatic N) is 1. The Kier molecular flexibility index (Phi) is 3.62. The summed E-state index contributed by atoms with van der Waals surface area (Å²) in [4.78, 5) is 6.95. The SMILES string of the molecule is Cc1ncccc1NCc1cc(-c2cccs2)cs1. The van der Waals surface area contributed by atoms with E-state index in [4.69, 9.17) is 0 Å². The number of rotatable bonds is 4. The van der Waals surface area contributed by atoms with Crippen LogP contribution in [0.2, 0.25) is 0 Å². The average Bonchev–Trinajstić information content (AvgIpc) is 3.09. The molecule has 3 rings (SSSR count). The molecule has 19 heavy (non-hydrogen) atoms. The molecule has 0 saturated heterocycles. The average molecular weight is 286 g/mol. The molecule has 0 spiro atoms. The van der Waals surface area contributed by atoms with E-state index in [-0.39, 0.29) is 0 Å². The van der Waals surface area contributed by atoms with Crippen LogP contribution < -0.4 is 5.32 Å². The van der Waals surface area contributed by atoms with Crippen LogP contribution in [0.5, 0.6) is 0 Å². The second-order valence-corrected chi connectivity index (χ2v) is 6.21. The Morgan fingerprint density at radius 3 is 2.95 bits per heavy atom. The van der Waals surface area contributed by atoms with Gasteiger partial charge in [0.05, 0.1) is 11.4 Å². The van der Waals surface area contributed by atoms with E-state index in [1.807, 2.05) is 19.2 Å². The van der Waals surface area contributed by atoms with Crippen molar-refractivity contribution in [3.05, 3.63) is 57.9 Å². The Labute approximate surface area is 120 Å². The number of aromatic nitrogens is 1. The van der Waals surface area contributed by atoms with Gasteiger partial charge < -0.3 is 5.32 Å². The zero-order valence-corrected chi connectivity index (χ0v) is 12.2. The van der Waals surface area contributed by atoms with E-state index in [1.165, 1.54) is 15.3 Å². The van der Waals surface area contributed by atoms with Crippen molar-refractivity contribution in [1.82, 2.24) is 4.98 Å². The Hall–Kier alpha value is -1.65. The Bertz CT molecular complexity index is 656. The van der Waals surface area contributed by atoms with Gasteiger partial charge in [-0.3, -0.25) is 4.98 Å². The number of hydrogen-bond donors (Lipinski definition) is 1. The van der Waals surface area contributed by atoms with Gasteiger partial charge in [-0.15, -0.1) is 22.7 Å². The first-order valence-electron chi connectivity index (χ1n) is 6.10. The molecule has 3 aromatic heterocycles. The number of thiophene rings is 2. The minimum Gasteiger partial charge on any atom is -0.379 e. The van der Waals surface area contributed by atoms with Crippen LogP contribution in [-0.4, -0.2) is 4.98 Å². The lowest BCUT2D eigenvalue weighted by Crippen LogP contribution is -2.00. The van der Waals surface area contributed by atoms with Crippen LogP contribution in [0.25, 0.3) is 10.4 Å². The normalized spacial score (nSPS) is 10.6. The summed E-state index contributed by atoms with van der Waals surface area (Å²) in [6, 6.07) is 10.5. The third-order valence-corrected chi connectivity index (χ3v) is 4.78. The van der Waals surface area contributed by atoms with Crippen molar-refractivity contribution in [3.63, 3.8) is 0 Å². The Morgan fingerprint density at radius 2 is 2.16 bits per heavy atom. The van der Waals surface area contributed by atoms with Gasteiger partial charge in [0.25, 0.3) is 0 Å². The van der Waals surface area contributed by atoms with Crippen LogP contribution in [0.15, 0.2) is 47.3 Å². The van der Waals surface area contributed by atoms with Gasteiger partial charge in [-0.2, -0.15) is 0 Å². The Morgan fingerprint density at radius 1 is 1.21 bits per heavy atom. The lowest BCUT2D eigenvalue weighted by atomic mass is 10.2. The van der Waals surface area contributed by atoms with E-state index in [1.54, 1.807) is 22.7 Å². The van der Waals surface area contributed by atoms with Gasteiger partial charge in [-0.1, -0.05) is 6.07 Å². The molecule has 0 bridgehead atoms. The zero-order chi connectivity index (χ0) is 13.1. The van der Waals surface area contributed by atoms with Gasteiger partial charge in [0.1, 0.15) is 0 Å². The highest BCUT2D eigenvalue weighted by Gasteiger charge is 2.04. The molecule has 0 fully saturated rings. The summed E-state index contributed by atoms with van der Waals surface area (Å²) >= 11 is 3.58. The first-order chi connectivity index (χ1) is 9.33. The molecule has 0 amide bonds. The fraction of sp³-hybridized carbons (Fsp3) is 0.133. The topological polar surface area (TPSA) is 24.9 Å². The second-order valence-electron chi connectivity index (χ2n) is 4.27. The lowest BCUT2D eigenvalue weighted by molar-refractivity contribution is 1.13. The summed E-state index contributed by atoms with van der Waals surface area (Å²) in [7, 11) is 0. The molecule has 0 unspecified atom stereocenters. The van der Waals surface area contributed by atoms with Crippen LogP contribution in [0.4, 0.5) is 5.69 Å². The molecule has 3 heterocycles. The monoisotopic (exact) mass is 286 g/mol. The quantitative estimate of drug-likeness (QED) is 0.745. The van der Waals surface area contributed by atoms with E-state index in [9.17, 15) is 0 Å². The van der Waals surface area contributed by atoms with E-state index in [2.05, 4.69) is 45.3 Å². The van der Waals surface area contributed by atoms with Crippen LogP contribution in [0.3, 0.4) is 0 Å². The molecule has 0 radical (unpaired) electrons. The van der Waals surface area contributed by atoms with Crippen LogP contribution in [0.1, 0.15) is 10.6 Å². The summed E-state index contributed by atoms with van der Waals surface area (Å²) in [5, 5.41) is 7.78. The standard InChI is InChI=1S/C15H14N2S2/c1-11-14(4-2-6-16-11)17-9-13-8-12(10-19-13)15-5-3-7-18-15/h2-8,10,17H,9H2,1H3. The van der Waals surface area contributed by atoms with Crippen molar-refractivity contribution in [1.29, 1.82) is 0 Å². The van der Waals surface area contributed by atoms with Crippen molar-refractivity contribution in [2.45, 2.75) is 13.5 Å². The summed E-state index contributed by atoms with van der Waals surface area (Å²) in [6.45, 7) is 2.87. The fourth-order valence-corrected chi connectivity index (χ4v) is 3.51. The maximum absolute atomic E-state index is 4.28. The van der Waals surface area contributed by atoms with Gasteiger partial charge >= 0.3 is 0 Å². The number of nitrogens with one attached hydrogen (secondary N) is 1. The van der Waals surface area contributed by atoms with Crippen LogP contribution in [-0.2, 0) is 6.54 Å². The van der Waals surface area contributed by atoms with Crippen molar-refractivity contribution in [3.8, 4) is 10.4 Å². The summed E-state index contributed by atoms with van der Waals surface area (Å²) in [6.07, 6.45) is 1.82. The van der Waals surface area contributed by atoms with E-state index >= 15 is 0 Å². The molecule has 96 valence electrons. The first kappa shape index (κ1) is 12.4. The Balaban J connectivity index is 1.70. The highest BCUT2D eigenvalue weighted by molar-refractivity contribution is 7.14. The second kappa shape index (κ2) is 5.55. The molecule has 3 aromatic rings. The van der Waals surface area contributed by atoms with Gasteiger partial charge in [-0.05, 0) is 41.9 Å². The number of anilines is 1. The maximum atomic E-state index is 4.28. The molecule has 4 heteroatoms. The molecular formula is C15H14N2S2. The van der Waals surface area contributed by atoms with Gasteiger partial charge in [0.2, 0.25) is 0 Å². The summed E-state index contributed by atoms with van der Waals surface area (Å²) < 4.78 is 0. The third-order valence-electron chi connectivity index (χ3n) is 2.92. The van der Waals surface area contributed by atoms with Crippen molar-refractivity contribution in [2.24, 2.45) is 0 Å². The smallest absolute Gasteiger partial charge is 0.0603 e. The molecule has 0 aliphatic carbocycles. The predicted molar refractivity (Wildman–Crippen MR) is 83.9 cm³/mol. The van der Waals surface area contributed by atoms with Crippen LogP contribution in [0, 0.1) is 6.92 Å².